The molecule has 3 aromatic carbocycles. The minimum absolute atomic E-state index is 0.183. The van der Waals surface area contributed by atoms with Crippen molar-refractivity contribution in [1.29, 1.82) is 0 Å². The molecule has 0 N–H and O–H groups in total. The Bertz CT molecular complexity index is 953. The third-order valence-corrected chi connectivity index (χ3v) is 4.36. The first kappa shape index (κ1) is 19.3. The lowest BCUT2D eigenvalue weighted by Gasteiger charge is -2.22. The number of amides is 1. The van der Waals surface area contributed by atoms with Crippen LogP contribution >= 0.6 is 0 Å². The van der Waals surface area contributed by atoms with Crippen LogP contribution in [0.1, 0.15) is 22.8 Å². The number of benzene rings is 3. The molecule has 0 saturated carbocycles. The first-order valence-electron chi connectivity index (χ1n) is 8.85. The number of carbonyl (C=O) groups excluding carboxylic acids is 2. The molecule has 0 fully saturated rings. The second-order valence-electron chi connectivity index (χ2n) is 6.35. The van der Waals surface area contributed by atoms with Crippen molar-refractivity contribution < 1.29 is 18.7 Å². The monoisotopic (exact) mass is 377 g/mol. The predicted molar refractivity (Wildman–Crippen MR) is 106 cm³/mol. The molecule has 0 spiro atoms. The summed E-state index contributed by atoms with van der Waals surface area (Å²) < 4.78 is 18.7. The fraction of sp³-hybridized carbons (Fsp3) is 0.130. The Kier molecular flexibility index (Phi) is 5.84. The van der Waals surface area contributed by atoms with Gasteiger partial charge in [-0.25, -0.2) is 4.39 Å². The zero-order valence-corrected chi connectivity index (χ0v) is 15.6. The topological polar surface area (TPSA) is 46.6 Å². The Hall–Kier alpha value is -3.47. The van der Waals surface area contributed by atoms with E-state index in [2.05, 4.69) is 0 Å². The number of anilines is 1. The van der Waals surface area contributed by atoms with Gasteiger partial charge in [0.05, 0.1) is 0 Å². The van der Waals surface area contributed by atoms with Crippen molar-refractivity contribution in [1.82, 2.24) is 0 Å². The quantitative estimate of drug-likeness (QED) is 0.595. The first-order chi connectivity index (χ1) is 13.5. The molecule has 3 aromatic rings. The molecule has 0 aliphatic heterocycles. The smallest absolute Gasteiger partial charge is 0.267 e. The van der Waals surface area contributed by atoms with Crippen molar-refractivity contribution in [3.05, 3.63) is 95.8 Å². The van der Waals surface area contributed by atoms with E-state index >= 15 is 0 Å². The summed E-state index contributed by atoms with van der Waals surface area (Å²) in [6, 6.07) is 21.2. The third kappa shape index (κ3) is 4.43. The molecule has 0 aliphatic carbocycles. The molecular formula is C23H20FNO3. The molecule has 0 aromatic heterocycles. The number of carbonyl (C=O) groups is 2. The zero-order valence-electron chi connectivity index (χ0n) is 15.6. The Labute approximate surface area is 163 Å². The molecule has 0 saturated heterocycles. The normalized spacial score (nSPS) is 11.5. The van der Waals surface area contributed by atoms with Crippen LogP contribution in [0, 0.1) is 5.82 Å². The van der Waals surface area contributed by atoms with E-state index in [1.807, 2.05) is 30.3 Å². The highest BCUT2D eigenvalue weighted by Gasteiger charge is 2.20. The van der Waals surface area contributed by atoms with Gasteiger partial charge in [0.1, 0.15) is 11.6 Å². The van der Waals surface area contributed by atoms with Crippen molar-refractivity contribution in [3.63, 3.8) is 0 Å². The lowest BCUT2D eigenvalue weighted by molar-refractivity contribution is -0.124. The summed E-state index contributed by atoms with van der Waals surface area (Å²) >= 11 is 0. The van der Waals surface area contributed by atoms with E-state index in [0.717, 1.165) is 5.69 Å². The van der Waals surface area contributed by atoms with Gasteiger partial charge in [0.25, 0.3) is 5.91 Å². The maximum absolute atomic E-state index is 13.0. The van der Waals surface area contributed by atoms with Crippen LogP contribution in [0.4, 0.5) is 10.1 Å². The summed E-state index contributed by atoms with van der Waals surface area (Å²) in [5, 5.41) is 0. The van der Waals surface area contributed by atoms with E-state index in [4.69, 9.17) is 4.74 Å². The van der Waals surface area contributed by atoms with Gasteiger partial charge in [-0.15, -0.1) is 0 Å². The van der Waals surface area contributed by atoms with E-state index in [0.29, 0.717) is 16.9 Å². The molecule has 1 unspecified atom stereocenters. The summed E-state index contributed by atoms with van der Waals surface area (Å²) in [4.78, 5) is 26.5. The number of hydrogen-bond acceptors (Lipinski definition) is 3. The van der Waals surface area contributed by atoms with E-state index in [1.165, 1.54) is 29.2 Å². The van der Waals surface area contributed by atoms with Crippen LogP contribution in [0.15, 0.2) is 78.9 Å². The number of likely N-dealkylation sites (N-methyl/N-ethyl adjacent to an activating group) is 1. The van der Waals surface area contributed by atoms with Crippen LogP contribution in [0.25, 0.3) is 0 Å². The van der Waals surface area contributed by atoms with Gasteiger partial charge in [0.2, 0.25) is 0 Å². The van der Waals surface area contributed by atoms with E-state index < -0.39 is 6.10 Å². The Morgan fingerprint density at radius 2 is 1.39 bits per heavy atom. The average Bonchev–Trinajstić information content (AvgIpc) is 2.74. The number of ketones is 1. The SMILES string of the molecule is CC(Oc1ccc(C(=O)c2ccc(F)cc2)cc1)C(=O)N(C)c1ccccc1. The second kappa shape index (κ2) is 8.48. The Balaban J connectivity index is 1.65. The molecule has 142 valence electrons. The number of rotatable bonds is 6. The van der Waals surface area contributed by atoms with Crippen LogP contribution < -0.4 is 9.64 Å². The predicted octanol–water partition coefficient (Wildman–Crippen LogP) is 4.49. The summed E-state index contributed by atoms with van der Waals surface area (Å²) in [5.41, 5.74) is 1.64. The van der Waals surface area contributed by atoms with Crippen molar-refractivity contribution in [2.75, 3.05) is 11.9 Å². The number of halogens is 1. The van der Waals surface area contributed by atoms with E-state index in [-0.39, 0.29) is 17.5 Å². The standard InChI is InChI=1S/C23H20FNO3/c1-16(23(27)25(2)20-6-4-3-5-7-20)28-21-14-10-18(11-15-21)22(26)17-8-12-19(24)13-9-17/h3-16H,1-2H3. The van der Waals surface area contributed by atoms with Crippen molar-refractivity contribution in [3.8, 4) is 5.75 Å². The fourth-order valence-corrected chi connectivity index (χ4v) is 2.76. The molecule has 4 nitrogen and oxygen atoms in total. The van der Waals surface area contributed by atoms with Crippen molar-refractivity contribution in [2.45, 2.75) is 13.0 Å². The average molecular weight is 377 g/mol. The van der Waals surface area contributed by atoms with E-state index in [9.17, 15) is 14.0 Å². The van der Waals surface area contributed by atoms with Crippen LogP contribution in [-0.4, -0.2) is 24.8 Å². The molecule has 0 radical (unpaired) electrons. The van der Waals surface area contributed by atoms with Gasteiger partial charge < -0.3 is 9.64 Å². The van der Waals surface area contributed by atoms with Gasteiger partial charge >= 0.3 is 0 Å². The zero-order chi connectivity index (χ0) is 20.1. The van der Waals surface area contributed by atoms with Gasteiger partial charge in [0, 0.05) is 23.9 Å². The van der Waals surface area contributed by atoms with Crippen LogP contribution in [-0.2, 0) is 4.79 Å². The molecule has 3 rings (SSSR count). The minimum atomic E-state index is -0.691. The summed E-state index contributed by atoms with van der Waals surface area (Å²) in [6.07, 6.45) is -0.691. The Morgan fingerprint density at radius 1 is 0.857 bits per heavy atom. The van der Waals surface area contributed by atoms with Gasteiger partial charge in [-0.05, 0) is 67.6 Å². The molecule has 1 atom stereocenters. The number of nitrogens with zero attached hydrogens (tertiary/aromatic N) is 1. The lowest BCUT2D eigenvalue weighted by Crippen LogP contribution is -2.37. The first-order valence-corrected chi connectivity index (χ1v) is 8.85. The second-order valence-corrected chi connectivity index (χ2v) is 6.35. The van der Waals surface area contributed by atoms with Crippen LogP contribution in [0.2, 0.25) is 0 Å². The minimum Gasteiger partial charge on any atom is -0.481 e. The Morgan fingerprint density at radius 3 is 1.96 bits per heavy atom. The van der Waals surface area contributed by atoms with Crippen molar-refractivity contribution >= 4 is 17.4 Å². The summed E-state index contributed by atoms with van der Waals surface area (Å²) in [6.45, 7) is 1.68. The maximum Gasteiger partial charge on any atom is 0.267 e. The largest absolute Gasteiger partial charge is 0.481 e. The van der Waals surface area contributed by atoms with Gasteiger partial charge in [0.15, 0.2) is 11.9 Å². The number of ether oxygens (including phenoxy) is 1. The molecular weight excluding hydrogens is 357 g/mol. The van der Waals surface area contributed by atoms with Gasteiger partial charge in [-0.2, -0.15) is 0 Å². The molecule has 28 heavy (non-hydrogen) atoms. The fourth-order valence-electron chi connectivity index (χ4n) is 2.76. The highest BCUT2D eigenvalue weighted by atomic mass is 19.1. The molecule has 0 aliphatic rings. The van der Waals surface area contributed by atoms with Crippen molar-refractivity contribution in [2.24, 2.45) is 0 Å². The highest BCUT2D eigenvalue weighted by Crippen LogP contribution is 2.19. The molecule has 0 bridgehead atoms. The number of hydrogen-bond donors (Lipinski definition) is 0. The summed E-state index contributed by atoms with van der Waals surface area (Å²) in [5.74, 6) is -0.297. The highest BCUT2D eigenvalue weighted by molar-refractivity contribution is 6.09. The summed E-state index contributed by atoms with van der Waals surface area (Å²) in [7, 11) is 1.70. The maximum atomic E-state index is 13.0. The van der Waals surface area contributed by atoms with Gasteiger partial charge in [-0.3, -0.25) is 9.59 Å². The molecule has 0 heterocycles. The van der Waals surface area contributed by atoms with E-state index in [1.54, 1.807) is 38.2 Å². The van der Waals surface area contributed by atoms with Gasteiger partial charge in [-0.1, -0.05) is 18.2 Å². The van der Waals surface area contributed by atoms with Crippen LogP contribution in [0.5, 0.6) is 5.75 Å². The third-order valence-electron chi connectivity index (χ3n) is 4.36. The number of para-hydroxylation sites is 1. The molecule has 1 amide bonds. The van der Waals surface area contributed by atoms with Crippen LogP contribution in [0.3, 0.4) is 0 Å². The molecule has 5 heteroatoms. The lowest BCUT2D eigenvalue weighted by atomic mass is 10.0.